The van der Waals surface area contributed by atoms with Gasteiger partial charge in [0, 0.05) is 6.54 Å². The Morgan fingerprint density at radius 1 is 1.35 bits per heavy atom. The molecule has 0 saturated carbocycles. The Balaban J connectivity index is 2.06. The van der Waals surface area contributed by atoms with Crippen LogP contribution in [0.1, 0.15) is 12.8 Å². The maximum Gasteiger partial charge on any atom is 0.243 e. The fraction of sp³-hybridized carbons (Fsp3) is 0.308. The van der Waals surface area contributed by atoms with Crippen LogP contribution >= 0.6 is 0 Å². The lowest BCUT2D eigenvalue weighted by Gasteiger charge is -2.06. The molecule has 1 amide bonds. The van der Waals surface area contributed by atoms with Crippen molar-refractivity contribution in [1.82, 2.24) is 5.32 Å². The molecule has 92 valence electrons. The van der Waals surface area contributed by atoms with Crippen molar-refractivity contribution in [3.8, 4) is 5.75 Å². The van der Waals surface area contributed by atoms with E-state index in [9.17, 15) is 9.18 Å². The van der Waals surface area contributed by atoms with Crippen molar-refractivity contribution in [3.05, 3.63) is 42.7 Å². The second-order valence-electron chi connectivity index (χ2n) is 3.50. The monoisotopic (exact) mass is 237 g/mol. The number of hydrogen-bond acceptors (Lipinski definition) is 2. The number of hydrogen-bond donors (Lipinski definition) is 1. The third kappa shape index (κ3) is 5.70. The summed E-state index contributed by atoms with van der Waals surface area (Å²) in [6.07, 6.45) is 2.91. The highest BCUT2D eigenvalue weighted by molar-refractivity contribution is 5.86. The lowest BCUT2D eigenvalue weighted by molar-refractivity contribution is -0.116. The van der Waals surface area contributed by atoms with Crippen LogP contribution in [0.25, 0.3) is 0 Å². The van der Waals surface area contributed by atoms with E-state index >= 15 is 0 Å². The van der Waals surface area contributed by atoms with Gasteiger partial charge >= 0.3 is 0 Å². The molecule has 0 aliphatic carbocycles. The molecule has 4 heteroatoms. The number of benzene rings is 1. The molecule has 0 aliphatic rings. The third-order valence-corrected chi connectivity index (χ3v) is 2.14. The molecule has 0 heterocycles. The molecule has 1 aromatic rings. The predicted octanol–water partition coefficient (Wildman–Crippen LogP) is 2.29. The van der Waals surface area contributed by atoms with E-state index in [1.54, 1.807) is 12.1 Å². The van der Waals surface area contributed by atoms with E-state index in [2.05, 4.69) is 11.9 Å². The summed E-state index contributed by atoms with van der Waals surface area (Å²) >= 11 is 0. The van der Waals surface area contributed by atoms with Gasteiger partial charge in [0.05, 0.1) is 6.61 Å². The highest BCUT2D eigenvalue weighted by atomic mass is 19.1. The first kappa shape index (κ1) is 13.2. The Labute approximate surface area is 100 Å². The summed E-state index contributed by atoms with van der Waals surface area (Å²) in [6.45, 7) is 4.52. The van der Waals surface area contributed by atoms with E-state index in [-0.39, 0.29) is 11.7 Å². The molecule has 0 unspecified atom stereocenters. The fourth-order valence-electron chi connectivity index (χ4n) is 1.23. The van der Waals surface area contributed by atoms with E-state index < -0.39 is 0 Å². The predicted molar refractivity (Wildman–Crippen MR) is 64.3 cm³/mol. The van der Waals surface area contributed by atoms with Gasteiger partial charge in [0.25, 0.3) is 0 Å². The minimum atomic E-state index is -0.274. The zero-order valence-corrected chi connectivity index (χ0v) is 9.62. The standard InChI is InChI=1S/C13H16FNO2/c1-2-13(16)15-9-3-4-10-17-12-7-5-11(14)6-8-12/h2,5-8H,1,3-4,9-10H2,(H,15,16). The Kier molecular flexibility index (Phi) is 5.79. The fourth-order valence-corrected chi connectivity index (χ4v) is 1.23. The van der Waals surface area contributed by atoms with Crippen LogP contribution in [-0.2, 0) is 4.79 Å². The van der Waals surface area contributed by atoms with Crippen LogP contribution in [0, 0.1) is 5.82 Å². The number of rotatable bonds is 7. The van der Waals surface area contributed by atoms with E-state index in [1.807, 2.05) is 0 Å². The van der Waals surface area contributed by atoms with Gasteiger partial charge in [0.15, 0.2) is 0 Å². The normalized spacial score (nSPS) is 9.71. The number of amides is 1. The van der Waals surface area contributed by atoms with Crippen LogP contribution in [0.2, 0.25) is 0 Å². The topological polar surface area (TPSA) is 38.3 Å². The van der Waals surface area contributed by atoms with Gasteiger partial charge in [0.2, 0.25) is 5.91 Å². The summed E-state index contributed by atoms with van der Waals surface area (Å²) in [7, 11) is 0. The maximum atomic E-state index is 12.6. The Morgan fingerprint density at radius 3 is 2.71 bits per heavy atom. The summed E-state index contributed by atoms with van der Waals surface area (Å²) < 4.78 is 18.0. The van der Waals surface area contributed by atoms with Crippen LogP contribution in [0.5, 0.6) is 5.75 Å². The summed E-state index contributed by atoms with van der Waals surface area (Å²) in [5.41, 5.74) is 0. The first-order chi connectivity index (χ1) is 8.22. The van der Waals surface area contributed by atoms with Crippen molar-refractivity contribution in [2.45, 2.75) is 12.8 Å². The lowest BCUT2D eigenvalue weighted by Crippen LogP contribution is -2.22. The molecule has 0 saturated heterocycles. The lowest BCUT2D eigenvalue weighted by atomic mass is 10.3. The van der Waals surface area contributed by atoms with Gasteiger partial charge in [-0.25, -0.2) is 4.39 Å². The van der Waals surface area contributed by atoms with Gasteiger partial charge in [-0.15, -0.1) is 0 Å². The molecule has 0 aromatic heterocycles. The molecule has 0 spiro atoms. The summed E-state index contributed by atoms with van der Waals surface area (Å²) in [4.78, 5) is 10.8. The van der Waals surface area contributed by atoms with Gasteiger partial charge in [-0.1, -0.05) is 6.58 Å². The van der Waals surface area contributed by atoms with Crippen molar-refractivity contribution < 1.29 is 13.9 Å². The molecule has 0 radical (unpaired) electrons. The van der Waals surface area contributed by atoms with Crippen LogP contribution in [0.3, 0.4) is 0 Å². The molecular formula is C13H16FNO2. The molecule has 0 bridgehead atoms. The zero-order valence-electron chi connectivity index (χ0n) is 9.62. The maximum absolute atomic E-state index is 12.6. The SMILES string of the molecule is C=CC(=O)NCCCCOc1ccc(F)cc1. The smallest absolute Gasteiger partial charge is 0.243 e. The van der Waals surface area contributed by atoms with Gasteiger partial charge in [-0.05, 0) is 43.2 Å². The summed E-state index contributed by atoms with van der Waals surface area (Å²) in [5, 5.41) is 2.68. The quantitative estimate of drug-likeness (QED) is 0.583. The van der Waals surface area contributed by atoms with E-state index in [4.69, 9.17) is 4.74 Å². The van der Waals surface area contributed by atoms with E-state index in [0.29, 0.717) is 18.9 Å². The first-order valence-electron chi connectivity index (χ1n) is 5.51. The number of carbonyl (C=O) groups excluding carboxylic acids is 1. The average molecular weight is 237 g/mol. The summed E-state index contributed by atoms with van der Waals surface area (Å²) in [5.74, 6) is 0.218. The van der Waals surface area contributed by atoms with Crippen LogP contribution in [-0.4, -0.2) is 19.1 Å². The molecule has 0 atom stereocenters. The van der Waals surface area contributed by atoms with E-state index in [0.717, 1.165) is 12.8 Å². The highest BCUT2D eigenvalue weighted by Gasteiger charge is 1.96. The Morgan fingerprint density at radius 2 is 2.06 bits per heavy atom. The largest absolute Gasteiger partial charge is 0.494 e. The van der Waals surface area contributed by atoms with Crippen molar-refractivity contribution in [1.29, 1.82) is 0 Å². The van der Waals surface area contributed by atoms with Crippen LogP contribution in [0.15, 0.2) is 36.9 Å². The third-order valence-electron chi connectivity index (χ3n) is 2.14. The Bertz CT molecular complexity index is 362. The van der Waals surface area contributed by atoms with Gasteiger partial charge < -0.3 is 10.1 Å². The van der Waals surface area contributed by atoms with Crippen LogP contribution < -0.4 is 10.1 Å². The molecule has 1 N–H and O–H groups in total. The number of ether oxygens (including phenoxy) is 1. The minimum absolute atomic E-state index is 0.163. The second-order valence-corrected chi connectivity index (χ2v) is 3.50. The molecule has 3 nitrogen and oxygen atoms in total. The van der Waals surface area contributed by atoms with Gasteiger partial charge in [0.1, 0.15) is 11.6 Å². The molecule has 1 aromatic carbocycles. The van der Waals surface area contributed by atoms with Crippen molar-refractivity contribution in [3.63, 3.8) is 0 Å². The number of carbonyl (C=O) groups is 1. The highest BCUT2D eigenvalue weighted by Crippen LogP contribution is 2.11. The molecule has 0 fully saturated rings. The Hall–Kier alpha value is -1.84. The zero-order chi connectivity index (χ0) is 12.5. The molecule has 1 rings (SSSR count). The molecule has 0 aliphatic heterocycles. The number of unbranched alkanes of at least 4 members (excludes halogenated alkanes) is 1. The number of nitrogens with one attached hydrogen (secondary N) is 1. The van der Waals surface area contributed by atoms with Crippen LogP contribution in [0.4, 0.5) is 4.39 Å². The first-order valence-corrected chi connectivity index (χ1v) is 5.51. The van der Waals surface area contributed by atoms with Crippen molar-refractivity contribution in [2.24, 2.45) is 0 Å². The minimum Gasteiger partial charge on any atom is -0.494 e. The second kappa shape index (κ2) is 7.44. The number of halogens is 1. The molecular weight excluding hydrogens is 221 g/mol. The summed E-state index contributed by atoms with van der Waals surface area (Å²) in [6, 6.07) is 5.91. The van der Waals surface area contributed by atoms with E-state index in [1.165, 1.54) is 18.2 Å². The molecule has 17 heavy (non-hydrogen) atoms. The van der Waals surface area contributed by atoms with Gasteiger partial charge in [-0.2, -0.15) is 0 Å². The van der Waals surface area contributed by atoms with Gasteiger partial charge in [-0.3, -0.25) is 4.79 Å². The average Bonchev–Trinajstić information content (AvgIpc) is 2.35. The van der Waals surface area contributed by atoms with Crippen molar-refractivity contribution in [2.75, 3.05) is 13.2 Å². The van der Waals surface area contributed by atoms with Crippen molar-refractivity contribution >= 4 is 5.91 Å².